The minimum Gasteiger partial charge on any atom is -0.358 e. The molecule has 0 bridgehead atoms. The fraction of sp³-hybridized carbons (Fsp3) is 0.300. The third-order valence-electron chi connectivity index (χ3n) is 4.26. The van der Waals surface area contributed by atoms with Crippen molar-refractivity contribution >= 4 is 15.7 Å². The Morgan fingerprint density at radius 2 is 1.76 bits per heavy atom. The van der Waals surface area contributed by atoms with Crippen molar-refractivity contribution in [3.63, 3.8) is 0 Å². The highest BCUT2D eigenvalue weighted by Gasteiger charge is 2.36. The topological polar surface area (TPSA) is 46.6 Å². The second kappa shape index (κ2) is 7.42. The number of sulfonamides is 1. The fourth-order valence-electron chi connectivity index (χ4n) is 3.03. The second-order valence-electron chi connectivity index (χ2n) is 6.06. The summed E-state index contributed by atoms with van der Waals surface area (Å²) < 4.78 is 34.0. The van der Waals surface area contributed by atoms with E-state index in [4.69, 9.17) is 4.74 Å². The van der Waals surface area contributed by atoms with E-state index in [1.807, 2.05) is 62.4 Å². The zero-order valence-electron chi connectivity index (χ0n) is 14.6. The van der Waals surface area contributed by atoms with E-state index in [-0.39, 0.29) is 4.90 Å². The first-order valence-electron chi connectivity index (χ1n) is 8.52. The molecule has 3 rings (SSSR count). The third kappa shape index (κ3) is 3.62. The summed E-state index contributed by atoms with van der Waals surface area (Å²) in [7, 11) is -3.71. The molecule has 1 aliphatic rings. The van der Waals surface area contributed by atoms with Crippen molar-refractivity contribution in [3.05, 3.63) is 71.8 Å². The van der Waals surface area contributed by atoms with E-state index in [0.29, 0.717) is 18.7 Å². The van der Waals surface area contributed by atoms with Gasteiger partial charge in [0.25, 0.3) is 10.0 Å². The predicted octanol–water partition coefficient (Wildman–Crippen LogP) is 4.18. The molecule has 132 valence electrons. The van der Waals surface area contributed by atoms with Gasteiger partial charge in [0, 0.05) is 6.61 Å². The first kappa shape index (κ1) is 17.7. The van der Waals surface area contributed by atoms with E-state index < -0.39 is 16.3 Å². The highest BCUT2D eigenvalue weighted by molar-refractivity contribution is 7.89. The Bertz CT molecular complexity index is 842. The maximum atomic E-state index is 13.4. The van der Waals surface area contributed by atoms with Crippen molar-refractivity contribution in [2.45, 2.75) is 37.8 Å². The van der Waals surface area contributed by atoms with Crippen LogP contribution in [0.1, 0.15) is 30.9 Å². The molecule has 2 aromatic rings. The molecule has 0 fully saturated rings. The second-order valence-corrected chi connectivity index (χ2v) is 7.87. The molecule has 0 saturated heterocycles. The Hall–Kier alpha value is -2.11. The number of hydrogen-bond donors (Lipinski definition) is 0. The average Bonchev–Trinajstić information content (AvgIpc) is 2.63. The van der Waals surface area contributed by atoms with Gasteiger partial charge in [0.05, 0.1) is 10.6 Å². The molecule has 2 aromatic carbocycles. The van der Waals surface area contributed by atoms with Crippen LogP contribution in [0.2, 0.25) is 0 Å². The number of allylic oxidation sites excluding steroid dienone is 1. The van der Waals surface area contributed by atoms with Crippen molar-refractivity contribution in [3.8, 4) is 0 Å². The van der Waals surface area contributed by atoms with E-state index in [1.54, 1.807) is 12.1 Å². The minimum atomic E-state index is -3.71. The first-order chi connectivity index (χ1) is 12.0. The molecule has 1 atom stereocenters. The number of hydrogen-bond acceptors (Lipinski definition) is 3. The lowest BCUT2D eigenvalue weighted by Crippen LogP contribution is -2.42. The molecule has 5 heteroatoms. The lowest BCUT2D eigenvalue weighted by atomic mass is 10.1. The Balaban J connectivity index is 2.09. The van der Waals surface area contributed by atoms with Crippen LogP contribution >= 0.6 is 0 Å². The third-order valence-corrected chi connectivity index (χ3v) is 6.07. The van der Waals surface area contributed by atoms with Gasteiger partial charge in [-0.15, -0.1) is 0 Å². The molecule has 1 heterocycles. The predicted molar refractivity (Wildman–Crippen MR) is 99.3 cm³/mol. The number of benzene rings is 2. The van der Waals surface area contributed by atoms with Crippen LogP contribution < -0.4 is 0 Å². The van der Waals surface area contributed by atoms with Gasteiger partial charge in [-0.05, 0) is 44.4 Å². The molecule has 1 aliphatic heterocycles. The Morgan fingerprint density at radius 3 is 2.40 bits per heavy atom. The van der Waals surface area contributed by atoms with Gasteiger partial charge in [0.15, 0.2) is 0 Å². The summed E-state index contributed by atoms with van der Waals surface area (Å²) in [6.07, 6.45) is 2.93. The van der Waals surface area contributed by atoms with Crippen molar-refractivity contribution in [1.82, 2.24) is 4.31 Å². The van der Waals surface area contributed by atoms with Crippen molar-refractivity contribution in [2.24, 2.45) is 0 Å². The summed E-state index contributed by atoms with van der Waals surface area (Å²) in [4.78, 5) is 0.284. The van der Waals surface area contributed by atoms with E-state index in [1.165, 1.54) is 4.31 Å². The number of rotatable bonds is 5. The summed E-state index contributed by atoms with van der Waals surface area (Å²) in [6, 6.07) is 16.6. The SMILES string of the molecule is CCOC1CCC=C(c2ccccc2)N1S(=O)(=O)c1ccc(C)cc1. The summed E-state index contributed by atoms with van der Waals surface area (Å²) in [5.41, 5.74) is 2.59. The molecule has 0 aliphatic carbocycles. The van der Waals surface area contributed by atoms with Gasteiger partial charge in [-0.2, -0.15) is 0 Å². The zero-order chi connectivity index (χ0) is 17.9. The van der Waals surface area contributed by atoms with Crippen LogP contribution in [-0.2, 0) is 14.8 Å². The van der Waals surface area contributed by atoms with Crippen molar-refractivity contribution in [1.29, 1.82) is 0 Å². The van der Waals surface area contributed by atoms with Crippen LogP contribution in [0.4, 0.5) is 0 Å². The molecule has 25 heavy (non-hydrogen) atoms. The van der Waals surface area contributed by atoms with Gasteiger partial charge in [-0.3, -0.25) is 0 Å². The molecule has 1 unspecified atom stereocenters. The highest BCUT2D eigenvalue weighted by atomic mass is 32.2. The molecule has 0 aromatic heterocycles. The maximum absolute atomic E-state index is 13.4. The quantitative estimate of drug-likeness (QED) is 0.806. The molecule has 0 radical (unpaired) electrons. The van der Waals surface area contributed by atoms with Crippen LogP contribution in [0.3, 0.4) is 0 Å². The lowest BCUT2D eigenvalue weighted by molar-refractivity contribution is 0.000514. The first-order valence-corrected chi connectivity index (χ1v) is 9.96. The highest BCUT2D eigenvalue weighted by Crippen LogP contribution is 2.35. The van der Waals surface area contributed by atoms with Crippen LogP contribution in [0, 0.1) is 6.92 Å². The van der Waals surface area contributed by atoms with E-state index in [0.717, 1.165) is 17.5 Å². The van der Waals surface area contributed by atoms with Crippen molar-refractivity contribution in [2.75, 3.05) is 6.61 Å². The smallest absolute Gasteiger partial charge is 0.266 e. The number of aryl methyl sites for hydroxylation is 1. The van der Waals surface area contributed by atoms with Gasteiger partial charge in [-0.1, -0.05) is 54.1 Å². The summed E-state index contributed by atoms with van der Waals surface area (Å²) >= 11 is 0. The average molecular weight is 357 g/mol. The Kier molecular flexibility index (Phi) is 5.25. The molecule has 0 amide bonds. The number of nitrogens with zero attached hydrogens (tertiary/aromatic N) is 1. The maximum Gasteiger partial charge on any atom is 0.266 e. The van der Waals surface area contributed by atoms with Gasteiger partial charge in [-0.25, -0.2) is 12.7 Å². The van der Waals surface area contributed by atoms with E-state index in [9.17, 15) is 8.42 Å². The summed E-state index contributed by atoms with van der Waals surface area (Å²) in [6.45, 7) is 4.29. The van der Waals surface area contributed by atoms with Gasteiger partial charge in [0.2, 0.25) is 0 Å². The Morgan fingerprint density at radius 1 is 1.08 bits per heavy atom. The molecular weight excluding hydrogens is 334 g/mol. The van der Waals surface area contributed by atoms with E-state index in [2.05, 4.69) is 0 Å². The summed E-state index contributed by atoms with van der Waals surface area (Å²) in [5, 5.41) is 0. The van der Waals surface area contributed by atoms with E-state index >= 15 is 0 Å². The molecule has 4 nitrogen and oxygen atoms in total. The molecule has 0 saturated carbocycles. The Labute approximate surface area is 149 Å². The van der Waals surface area contributed by atoms with Crippen LogP contribution in [-0.4, -0.2) is 25.6 Å². The zero-order valence-corrected chi connectivity index (χ0v) is 15.4. The van der Waals surface area contributed by atoms with Crippen LogP contribution in [0.25, 0.3) is 5.70 Å². The largest absolute Gasteiger partial charge is 0.358 e. The van der Waals surface area contributed by atoms with Crippen LogP contribution in [0.5, 0.6) is 0 Å². The monoisotopic (exact) mass is 357 g/mol. The van der Waals surface area contributed by atoms with Gasteiger partial charge >= 0.3 is 0 Å². The normalized spacial score (nSPS) is 18.1. The van der Waals surface area contributed by atoms with Crippen LogP contribution in [0.15, 0.2) is 65.6 Å². The number of ether oxygens (including phenoxy) is 1. The van der Waals surface area contributed by atoms with Gasteiger partial charge in [0.1, 0.15) is 6.23 Å². The molecular formula is C20H23NO3S. The standard InChI is InChI=1S/C20H23NO3S/c1-3-24-20-11-7-10-19(17-8-5-4-6-9-17)21(20)25(22,23)18-14-12-16(2)13-15-18/h4-6,8-10,12-15,20H,3,7,11H2,1-2H3. The minimum absolute atomic E-state index is 0.284. The van der Waals surface area contributed by atoms with Crippen molar-refractivity contribution < 1.29 is 13.2 Å². The molecule has 0 N–H and O–H groups in total. The van der Waals surface area contributed by atoms with Gasteiger partial charge < -0.3 is 4.74 Å². The summed E-state index contributed by atoms with van der Waals surface area (Å²) in [5.74, 6) is 0. The fourth-order valence-corrected chi connectivity index (χ4v) is 4.65. The molecule has 0 spiro atoms. The lowest BCUT2D eigenvalue weighted by Gasteiger charge is -2.37.